The van der Waals surface area contributed by atoms with Crippen LogP contribution in [0.3, 0.4) is 0 Å². The van der Waals surface area contributed by atoms with Gasteiger partial charge < -0.3 is 19.1 Å². The van der Waals surface area contributed by atoms with Gasteiger partial charge in [0.25, 0.3) is 0 Å². The number of anilines is 4. The molecule has 4 fully saturated rings. The average Bonchev–Trinajstić information content (AvgIpc) is 3.87. The number of ether oxygens (including phenoxy) is 1. The number of nitrogens with zero attached hydrogens (tertiary/aromatic N) is 4. The zero-order valence-electron chi connectivity index (χ0n) is 43.1. The van der Waals surface area contributed by atoms with Crippen LogP contribution in [0.15, 0.2) is 134 Å². The second-order valence-electron chi connectivity index (χ2n) is 24.4. The molecule has 0 saturated heterocycles. The Labute approximate surface area is 436 Å². The third-order valence-corrected chi connectivity index (χ3v) is 16.7. The molecule has 5 aliphatic rings. The van der Waals surface area contributed by atoms with E-state index in [1.165, 1.54) is 71.0 Å². The fourth-order valence-corrected chi connectivity index (χ4v) is 13.6. The fourth-order valence-electron chi connectivity index (χ4n) is 13.6. The molecule has 0 unspecified atom stereocenters. The number of rotatable bonds is 7. The summed E-state index contributed by atoms with van der Waals surface area (Å²) in [4.78, 5) is 9.91. The summed E-state index contributed by atoms with van der Waals surface area (Å²) in [5.41, 5.74) is 14.1. The Morgan fingerprint density at radius 2 is 1.23 bits per heavy atom. The van der Waals surface area contributed by atoms with Gasteiger partial charge in [-0.2, -0.15) is 6.07 Å². The first-order valence-electron chi connectivity index (χ1n) is 25.9. The van der Waals surface area contributed by atoms with E-state index in [-0.39, 0.29) is 42.7 Å². The molecule has 13 rings (SSSR count). The monoisotopic (exact) mass is 1110 g/mol. The smallest absolute Gasteiger partial charge is 0.135 e. The number of fused-ring (bicyclic) bond motifs is 4. The molecule has 366 valence electrons. The van der Waals surface area contributed by atoms with Crippen molar-refractivity contribution in [2.75, 3.05) is 9.80 Å². The SMILES string of the molecule is Cc1ccc(C2(c3ccnc(-n4c5[c-]c(Oc6[c-]c(N7[CH-]N(c8c(C(C)(C)C)cccc8C(C)(C)C)c8ccccc87)cc(C(C)(C)C)c6)ccc5c5ccccc54)c3)C3CC4CC(C3)CC2C4)cc1.[Pt]. The molecule has 4 aliphatic carbocycles. The Morgan fingerprint density at radius 1 is 0.592 bits per heavy atom. The van der Waals surface area contributed by atoms with Gasteiger partial charge in [0.05, 0.1) is 0 Å². The summed E-state index contributed by atoms with van der Waals surface area (Å²) in [7, 11) is 0. The van der Waals surface area contributed by atoms with Crippen LogP contribution in [0, 0.1) is 49.4 Å². The van der Waals surface area contributed by atoms with Gasteiger partial charge in [-0.15, -0.1) is 53.6 Å². The van der Waals surface area contributed by atoms with Crippen molar-refractivity contribution in [2.24, 2.45) is 23.7 Å². The fraction of sp³-hybridized carbons (Fsp3) is 0.354. The van der Waals surface area contributed by atoms with Crippen molar-refractivity contribution in [3.63, 3.8) is 0 Å². The van der Waals surface area contributed by atoms with Gasteiger partial charge in [0.15, 0.2) is 0 Å². The zero-order chi connectivity index (χ0) is 48.5. The third kappa shape index (κ3) is 7.96. The standard InChI is InChI=1S/C65H67N4O.Pt/c1-41-22-24-44(25-23-41)65(47-31-42-30-43(33-47)34-48(65)32-42)45-28-29-66-60(37-45)69-56-19-12-11-16-52(56)53-27-26-50(39-59(53)69)70-51-36-46(62(2,3)4)35-49(38-51)67-40-68(58-21-14-13-20-57(58)67)61-54(63(5,6)7)17-15-18-55(61)64(8,9)10;/h11-29,35-37,40,42-43,47-48H,30-34H2,1-10H3;/q-3;. The number of para-hydroxylation sites is 4. The van der Waals surface area contributed by atoms with E-state index in [1.54, 1.807) is 0 Å². The molecule has 0 radical (unpaired) electrons. The minimum Gasteiger partial charge on any atom is -0.509 e. The van der Waals surface area contributed by atoms with Crippen LogP contribution in [0.4, 0.5) is 22.7 Å². The van der Waals surface area contributed by atoms with Gasteiger partial charge in [0.2, 0.25) is 0 Å². The molecule has 71 heavy (non-hydrogen) atoms. The van der Waals surface area contributed by atoms with E-state index in [1.807, 2.05) is 0 Å². The maximum Gasteiger partial charge on any atom is 0.135 e. The second-order valence-corrected chi connectivity index (χ2v) is 24.4. The van der Waals surface area contributed by atoms with Gasteiger partial charge in [-0.05, 0) is 137 Å². The first kappa shape index (κ1) is 47.7. The minimum atomic E-state index is -0.164. The zero-order valence-corrected chi connectivity index (χ0v) is 45.4. The maximum absolute atomic E-state index is 7.00. The minimum absolute atomic E-state index is 0. The molecule has 2 aromatic heterocycles. The van der Waals surface area contributed by atoms with Crippen LogP contribution < -0.4 is 14.5 Å². The topological polar surface area (TPSA) is 33.5 Å². The molecule has 6 aromatic carbocycles. The summed E-state index contributed by atoms with van der Waals surface area (Å²) >= 11 is 0. The van der Waals surface area contributed by atoms with Crippen LogP contribution in [-0.4, -0.2) is 9.55 Å². The van der Waals surface area contributed by atoms with Crippen molar-refractivity contribution in [1.82, 2.24) is 9.55 Å². The third-order valence-electron chi connectivity index (χ3n) is 16.7. The molecule has 0 N–H and O–H groups in total. The molecule has 4 saturated carbocycles. The van der Waals surface area contributed by atoms with Crippen molar-refractivity contribution in [1.29, 1.82) is 0 Å². The second kappa shape index (κ2) is 17.3. The van der Waals surface area contributed by atoms with E-state index in [9.17, 15) is 0 Å². The van der Waals surface area contributed by atoms with Crippen LogP contribution in [0.5, 0.6) is 11.5 Å². The summed E-state index contributed by atoms with van der Waals surface area (Å²) in [6.07, 6.45) is 8.78. The predicted molar refractivity (Wildman–Crippen MR) is 289 cm³/mol. The van der Waals surface area contributed by atoms with Crippen molar-refractivity contribution in [3.05, 3.63) is 186 Å². The van der Waals surface area contributed by atoms with Crippen LogP contribution in [0.25, 0.3) is 27.6 Å². The number of aryl methyl sites for hydroxylation is 1. The van der Waals surface area contributed by atoms with E-state index < -0.39 is 0 Å². The number of benzene rings is 6. The molecule has 1 aliphatic heterocycles. The molecule has 0 atom stereocenters. The summed E-state index contributed by atoms with van der Waals surface area (Å²) in [5.74, 6) is 5.20. The van der Waals surface area contributed by atoms with Crippen LogP contribution >= 0.6 is 0 Å². The number of hydrogen-bond acceptors (Lipinski definition) is 4. The Bertz CT molecular complexity index is 3260. The summed E-state index contributed by atoms with van der Waals surface area (Å²) in [5, 5.41) is 2.30. The van der Waals surface area contributed by atoms with E-state index >= 15 is 0 Å². The van der Waals surface area contributed by atoms with E-state index in [0.717, 1.165) is 56.7 Å². The molecule has 4 bridgehead atoms. The molecule has 3 heterocycles. The maximum atomic E-state index is 7.00. The van der Waals surface area contributed by atoms with Crippen molar-refractivity contribution < 1.29 is 25.8 Å². The normalized spacial score (nSPS) is 21.8. The summed E-state index contributed by atoms with van der Waals surface area (Å²) < 4.78 is 9.33. The Hall–Kier alpha value is -5.64. The predicted octanol–water partition coefficient (Wildman–Crippen LogP) is 16.9. The molecular formula is C65H67N4OPt-3. The number of aromatic nitrogens is 2. The summed E-state index contributed by atoms with van der Waals surface area (Å²) in [6, 6.07) is 54.9. The molecule has 0 spiro atoms. The van der Waals surface area contributed by atoms with E-state index in [2.05, 4.69) is 236 Å². The molecule has 8 aromatic rings. The van der Waals surface area contributed by atoms with Gasteiger partial charge in [0.1, 0.15) is 5.82 Å². The Balaban J connectivity index is 0.00000547. The van der Waals surface area contributed by atoms with Gasteiger partial charge >= 0.3 is 0 Å². The van der Waals surface area contributed by atoms with Crippen molar-refractivity contribution in [2.45, 2.75) is 123 Å². The van der Waals surface area contributed by atoms with Gasteiger partial charge in [0, 0.05) is 66.8 Å². The molecule has 6 heteroatoms. The summed E-state index contributed by atoms with van der Waals surface area (Å²) in [6.45, 7) is 25.2. The van der Waals surface area contributed by atoms with Crippen LogP contribution in [-0.2, 0) is 42.7 Å². The van der Waals surface area contributed by atoms with Crippen molar-refractivity contribution in [3.8, 4) is 17.3 Å². The Morgan fingerprint density at radius 3 is 1.87 bits per heavy atom. The van der Waals surface area contributed by atoms with E-state index in [4.69, 9.17) is 9.72 Å². The van der Waals surface area contributed by atoms with Gasteiger partial charge in [-0.1, -0.05) is 146 Å². The van der Waals surface area contributed by atoms with Gasteiger partial charge in [-0.25, -0.2) is 4.98 Å². The van der Waals surface area contributed by atoms with Crippen molar-refractivity contribution >= 4 is 44.6 Å². The first-order chi connectivity index (χ1) is 33.4. The van der Waals surface area contributed by atoms with Crippen LogP contribution in [0.2, 0.25) is 0 Å². The Kier molecular flexibility index (Phi) is 11.6. The van der Waals surface area contributed by atoms with E-state index in [0.29, 0.717) is 23.3 Å². The van der Waals surface area contributed by atoms with Gasteiger partial charge in [-0.3, -0.25) is 0 Å². The number of pyridine rings is 1. The first-order valence-corrected chi connectivity index (χ1v) is 25.9. The average molecular weight is 1120 g/mol. The largest absolute Gasteiger partial charge is 0.509 e. The molecule has 5 nitrogen and oxygen atoms in total. The molecule has 0 amide bonds. The molecular weight excluding hydrogens is 1050 g/mol. The number of hydrogen-bond donors (Lipinski definition) is 0. The quantitative estimate of drug-likeness (QED) is 0.149. The van der Waals surface area contributed by atoms with Crippen LogP contribution in [0.1, 0.15) is 128 Å².